The second kappa shape index (κ2) is 16.7. The summed E-state index contributed by atoms with van der Waals surface area (Å²) in [5.74, 6) is 0. The lowest BCUT2D eigenvalue weighted by atomic mass is 9.75. The Labute approximate surface area is 454 Å². The summed E-state index contributed by atoms with van der Waals surface area (Å²) in [5, 5.41) is 5.20. The lowest BCUT2D eigenvalue weighted by Crippen LogP contribution is -2.20. The highest BCUT2D eigenvalue weighted by molar-refractivity contribution is 6.10. The molecule has 4 aliphatic rings. The monoisotopic (exact) mass is 997 g/mol. The van der Waals surface area contributed by atoms with Gasteiger partial charge in [-0.05, 0) is 201 Å². The summed E-state index contributed by atoms with van der Waals surface area (Å²) in [7, 11) is 0. The molecule has 0 amide bonds. The zero-order valence-corrected chi connectivity index (χ0v) is 43.5. The van der Waals surface area contributed by atoms with Gasteiger partial charge in [-0.2, -0.15) is 0 Å². The van der Waals surface area contributed by atoms with Crippen LogP contribution in [0.1, 0.15) is 73.6 Å². The van der Waals surface area contributed by atoms with Gasteiger partial charge in [-0.1, -0.05) is 159 Å². The van der Waals surface area contributed by atoms with Gasteiger partial charge in [-0.3, -0.25) is 4.98 Å². The van der Waals surface area contributed by atoms with Crippen molar-refractivity contribution in [3.8, 4) is 78.3 Å². The van der Waals surface area contributed by atoms with Crippen LogP contribution in [0.15, 0.2) is 237 Å². The fourth-order valence-electron chi connectivity index (χ4n) is 15.6. The molecule has 0 atom stereocenters. The highest BCUT2D eigenvalue weighted by atomic mass is 15.0. The van der Waals surface area contributed by atoms with E-state index in [0.717, 1.165) is 36.9 Å². The van der Waals surface area contributed by atoms with Crippen molar-refractivity contribution in [3.05, 3.63) is 259 Å². The average molecular weight is 998 g/mol. The topological polar surface area (TPSA) is 22.8 Å². The van der Waals surface area contributed by atoms with Crippen LogP contribution in [0.2, 0.25) is 0 Å². The maximum absolute atomic E-state index is 4.77. The Morgan fingerprint density at radius 3 is 1.06 bits per heavy atom. The van der Waals surface area contributed by atoms with Crippen molar-refractivity contribution in [2.45, 2.75) is 62.2 Å². The van der Waals surface area contributed by atoms with Gasteiger partial charge in [0.2, 0.25) is 0 Å². The number of nitrogens with zero attached hydrogens (tertiary/aromatic N) is 3. The average Bonchev–Trinajstić information content (AvgIpc) is 4.46. The molecular weight excluding hydrogens is 943 g/mol. The van der Waals surface area contributed by atoms with E-state index in [0.29, 0.717) is 0 Å². The van der Waals surface area contributed by atoms with Crippen LogP contribution in [0.3, 0.4) is 0 Å². The molecule has 4 aliphatic carbocycles. The SMILES string of the molecule is c1ccc(-c2cccc(-c3cc(-c4ccc5c(c4)C4(CCCC4)c4cc(-n6c7ccccc7c7ccccc76)ccc4-5)cc(-c4ccc5c(c4)C4(CCCC4)c4cc(-n6c7ccccc7c7ccccc76)ccc4-5)c3)c2)nc1. The highest BCUT2D eigenvalue weighted by Crippen LogP contribution is 2.60. The van der Waals surface area contributed by atoms with Gasteiger partial charge >= 0.3 is 0 Å². The van der Waals surface area contributed by atoms with E-state index in [9.17, 15) is 0 Å². The molecule has 0 aliphatic heterocycles. The first kappa shape index (κ1) is 44.1. The number of benzene rings is 10. The van der Waals surface area contributed by atoms with Crippen LogP contribution in [0.5, 0.6) is 0 Å². The molecular formula is C75H55N3. The predicted octanol–water partition coefficient (Wildman–Crippen LogP) is 19.6. The fourth-order valence-corrected chi connectivity index (χ4v) is 15.6. The molecule has 3 nitrogen and oxygen atoms in total. The molecule has 2 spiro atoms. The Kier molecular flexibility index (Phi) is 9.46. The molecule has 0 bridgehead atoms. The van der Waals surface area contributed by atoms with Crippen LogP contribution in [-0.2, 0) is 10.8 Å². The third-order valence-corrected chi connectivity index (χ3v) is 19.0. The van der Waals surface area contributed by atoms with Crippen molar-refractivity contribution >= 4 is 43.6 Å². The molecule has 370 valence electrons. The van der Waals surface area contributed by atoms with Crippen LogP contribution in [0.4, 0.5) is 0 Å². The molecule has 3 heterocycles. The smallest absolute Gasteiger partial charge is 0.0702 e. The largest absolute Gasteiger partial charge is 0.309 e. The first-order valence-corrected chi connectivity index (χ1v) is 28.3. The van der Waals surface area contributed by atoms with Gasteiger partial charge in [0.25, 0.3) is 0 Å². The standard InChI is InChI=1S/C75H55N3/c1-5-23-70-61(18-1)62-19-2-6-24-71(62)77(70)55-29-33-59-57-31-27-49(44-65(57)74(67(59)46-55)35-10-11-36-74)53-41-52(48-16-15-17-51(40-48)69-22-9-14-39-76-69)42-54(43-53)50-28-32-58-60-34-30-56(47-68(60)75(66(58)45-50)37-12-13-38-75)78-72-25-7-3-20-63(72)64-21-4-8-26-73(64)78/h1-9,14-34,39-47H,10-13,35-38H2. The van der Waals surface area contributed by atoms with Crippen molar-refractivity contribution < 1.29 is 0 Å². The summed E-state index contributed by atoms with van der Waals surface area (Å²) >= 11 is 0. The minimum absolute atomic E-state index is 0.0289. The number of hydrogen-bond donors (Lipinski definition) is 0. The molecule has 0 N–H and O–H groups in total. The van der Waals surface area contributed by atoms with Crippen molar-refractivity contribution in [2.75, 3.05) is 0 Å². The van der Waals surface area contributed by atoms with Crippen LogP contribution in [0.25, 0.3) is 122 Å². The summed E-state index contributed by atoms with van der Waals surface area (Å²) in [5.41, 5.74) is 28.6. The number of hydrogen-bond acceptors (Lipinski definition) is 1. The normalized spacial score (nSPS) is 15.5. The van der Waals surface area contributed by atoms with E-state index in [1.807, 2.05) is 12.3 Å². The first-order chi connectivity index (χ1) is 38.6. The van der Waals surface area contributed by atoms with E-state index in [2.05, 4.69) is 234 Å². The van der Waals surface area contributed by atoms with Crippen molar-refractivity contribution in [1.82, 2.24) is 14.1 Å². The van der Waals surface area contributed by atoms with E-state index >= 15 is 0 Å². The third kappa shape index (κ3) is 6.30. The fraction of sp³-hybridized carbons (Fsp3) is 0.133. The maximum Gasteiger partial charge on any atom is 0.0702 e. The van der Waals surface area contributed by atoms with Crippen molar-refractivity contribution in [2.24, 2.45) is 0 Å². The molecule has 3 heteroatoms. The summed E-state index contributed by atoms with van der Waals surface area (Å²) in [6, 6.07) is 87.8. The quantitative estimate of drug-likeness (QED) is 0.163. The molecule has 2 saturated carbocycles. The Morgan fingerprint density at radius 2 is 0.641 bits per heavy atom. The minimum atomic E-state index is -0.0289. The zero-order valence-electron chi connectivity index (χ0n) is 43.5. The molecule has 2 fully saturated rings. The van der Waals surface area contributed by atoms with Crippen LogP contribution in [0, 0.1) is 0 Å². The van der Waals surface area contributed by atoms with E-state index in [4.69, 9.17) is 4.98 Å². The predicted molar refractivity (Wildman–Crippen MR) is 324 cm³/mol. The molecule has 78 heavy (non-hydrogen) atoms. The van der Waals surface area contributed by atoms with Gasteiger partial charge in [0.05, 0.1) is 27.8 Å². The number of fused-ring (bicyclic) bond motifs is 16. The number of para-hydroxylation sites is 4. The minimum Gasteiger partial charge on any atom is -0.309 e. The summed E-state index contributed by atoms with van der Waals surface area (Å²) in [4.78, 5) is 4.77. The third-order valence-electron chi connectivity index (χ3n) is 19.0. The van der Waals surface area contributed by atoms with E-state index in [1.54, 1.807) is 0 Å². The van der Waals surface area contributed by atoms with Gasteiger partial charge in [0.1, 0.15) is 0 Å². The lowest BCUT2D eigenvalue weighted by Gasteiger charge is -2.28. The number of pyridine rings is 1. The van der Waals surface area contributed by atoms with Gasteiger partial charge in [-0.25, -0.2) is 0 Å². The number of rotatable bonds is 6. The van der Waals surface area contributed by atoms with Gasteiger partial charge in [-0.15, -0.1) is 0 Å². The van der Waals surface area contributed by atoms with Gasteiger partial charge in [0.15, 0.2) is 0 Å². The van der Waals surface area contributed by atoms with E-state index in [-0.39, 0.29) is 10.8 Å². The summed E-state index contributed by atoms with van der Waals surface area (Å²) < 4.78 is 4.99. The second-order valence-electron chi connectivity index (χ2n) is 22.9. The zero-order chi connectivity index (χ0) is 51.1. The highest BCUT2D eigenvalue weighted by Gasteiger charge is 2.47. The Hall–Kier alpha value is -9.05. The van der Waals surface area contributed by atoms with Crippen LogP contribution in [-0.4, -0.2) is 14.1 Å². The molecule has 0 saturated heterocycles. The van der Waals surface area contributed by atoms with Crippen LogP contribution < -0.4 is 0 Å². The molecule has 3 aromatic heterocycles. The second-order valence-corrected chi connectivity index (χ2v) is 22.9. The molecule has 17 rings (SSSR count). The molecule has 0 unspecified atom stereocenters. The van der Waals surface area contributed by atoms with E-state index in [1.165, 1.54) is 159 Å². The van der Waals surface area contributed by atoms with Gasteiger partial charge < -0.3 is 9.13 Å². The Bertz CT molecular complexity index is 4270. The van der Waals surface area contributed by atoms with E-state index < -0.39 is 0 Å². The van der Waals surface area contributed by atoms with Crippen molar-refractivity contribution in [3.63, 3.8) is 0 Å². The Morgan fingerprint density at radius 1 is 0.282 bits per heavy atom. The lowest BCUT2D eigenvalue weighted by molar-refractivity contribution is 0.550. The summed E-state index contributed by atoms with van der Waals surface area (Å²) in [6.07, 6.45) is 11.5. The van der Waals surface area contributed by atoms with Crippen LogP contribution >= 0.6 is 0 Å². The van der Waals surface area contributed by atoms with Crippen molar-refractivity contribution in [1.29, 1.82) is 0 Å². The first-order valence-electron chi connectivity index (χ1n) is 28.3. The molecule has 13 aromatic rings. The Balaban J connectivity index is 0.808. The maximum atomic E-state index is 4.77. The molecule has 0 radical (unpaired) electrons. The molecule has 10 aromatic carbocycles. The number of aromatic nitrogens is 3. The summed E-state index contributed by atoms with van der Waals surface area (Å²) in [6.45, 7) is 0. The van der Waals surface area contributed by atoms with Gasteiger partial charge in [0, 0.05) is 55.5 Å².